The summed E-state index contributed by atoms with van der Waals surface area (Å²) in [5.41, 5.74) is 0. The predicted molar refractivity (Wildman–Crippen MR) is 126 cm³/mol. The number of nitrogens with one attached hydrogen (secondary N) is 1. The van der Waals surface area contributed by atoms with Crippen LogP contribution < -0.4 is 5.32 Å². The molecule has 0 bridgehead atoms. The van der Waals surface area contributed by atoms with Gasteiger partial charge in [-0.05, 0) is 32.1 Å². The summed E-state index contributed by atoms with van der Waals surface area (Å²) in [6.45, 7) is 3.05. The first kappa shape index (κ1) is 29.7. The average molecular weight is 515 g/mol. The number of carbonyl (C=O) groups excluding carboxylic acids is 4. The smallest absolute Gasteiger partial charge is 0.407 e. The predicted octanol–water partition coefficient (Wildman–Crippen LogP) is 1.67. The Hall–Kier alpha value is -2.54. The van der Waals surface area contributed by atoms with Crippen LogP contribution >= 0.6 is 0 Å². The Kier molecular flexibility index (Phi) is 15.4. The number of rotatable bonds is 17. The van der Waals surface area contributed by atoms with E-state index in [9.17, 15) is 19.2 Å². The van der Waals surface area contributed by atoms with Gasteiger partial charge in [-0.2, -0.15) is 0 Å². The lowest BCUT2D eigenvalue weighted by atomic mass is 10.0. The van der Waals surface area contributed by atoms with Gasteiger partial charge >= 0.3 is 12.1 Å². The van der Waals surface area contributed by atoms with Crippen molar-refractivity contribution in [3.63, 3.8) is 0 Å². The van der Waals surface area contributed by atoms with Crippen LogP contribution in [0.25, 0.3) is 0 Å². The summed E-state index contributed by atoms with van der Waals surface area (Å²) >= 11 is 0. The molecular weight excluding hydrogens is 476 g/mol. The zero-order valence-corrected chi connectivity index (χ0v) is 20.8. The molecule has 0 aromatic carbocycles. The zero-order chi connectivity index (χ0) is 25.8. The van der Waals surface area contributed by atoms with Gasteiger partial charge in [0.1, 0.15) is 6.10 Å². The fourth-order valence-electron chi connectivity index (χ4n) is 3.38. The average Bonchev–Trinajstić information content (AvgIpc) is 3.15. The molecule has 1 aliphatic carbocycles. The van der Waals surface area contributed by atoms with Gasteiger partial charge in [-0.15, -0.1) is 5.06 Å². The van der Waals surface area contributed by atoms with Crippen molar-refractivity contribution in [2.45, 2.75) is 57.5 Å². The first-order chi connectivity index (χ1) is 17.6. The van der Waals surface area contributed by atoms with Crippen molar-refractivity contribution in [3.05, 3.63) is 12.2 Å². The third-order valence-corrected chi connectivity index (χ3v) is 5.27. The van der Waals surface area contributed by atoms with Crippen molar-refractivity contribution in [1.82, 2.24) is 10.4 Å². The van der Waals surface area contributed by atoms with Crippen LogP contribution in [0.2, 0.25) is 0 Å². The summed E-state index contributed by atoms with van der Waals surface area (Å²) in [5, 5.41) is 3.22. The lowest BCUT2D eigenvalue weighted by Gasteiger charge is -2.18. The van der Waals surface area contributed by atoms with Gasteiger partial charge in [-0.1, -0.05) is 12.2 Å². The Bertz CT molecular complexity index is 699. The van der Waals surface area contributed by atoms with Crippen LogP contribution in [0.5, 0.6) is 0 Å². The Morgan fingerprint density at radius 1 is 0.806 bits per heavy atom. The fourth-order valence-corrected chi connectivity index (χ4v) is 3.38. The lowest BCUT2D eigenvalue weighted by Crippen LogP contribution is -2.32. The highest BCUT2D eigenvalue weighted by Gasteiger charge is 2.32. The molecule has 1 unspecified atom stereocenters. The number of hydrogen-bond donors (Lipinski definition) is 1. The Morgan fingerprint density at radius 3 is 2.06 bits per heavy atom. The van der Waals surface area contributed by atoms with E-state index in [1.807, 2.05) is 0 Å². The van der Waals surface area contributed by atoms with Crippen LogP contribution in [-0.2, 0) is 42.9 Å². The Balaban J connectivity index is 1.29. The van der Waals surface area contributed by atoms with Gasteiger partial charge in [0.15, 0.2) is 0 Å². The molecule has 12 heteroatoms. The molecule has 1 fully saturated rings. The molecule has 1 N–H and O–H groups in total. The first-order valence-electron chi connectivity index (χ1n) is 12.5. The highest BCUT2D eigenvalue weighted by molar-refractivity contribution is 6.01. The molecular formula is C24H38N2O10. The number of nitrogens with zero attached hydrogens (tertiary/aromatic N) is 1. The molecule has 1 atom stereocenters. The second-order valence-electron chi connectivity index (χ2n) is 8.18. The summed E-state index contributed by atoms with van der Waals surface area (Å²) < 4.78 is 26.9. The second kappa shape index (κ2) is 18.7. The standard InChI is InChI=1S/C24H38N2O10/c27-21-8-9-22(28)26(21)36-23(29)10-12-31-14-16-33-18-19-34-17-15-32-13-11-25-24(30)35-20-6-4-2-1-3-5-7-20/h1-2,20H,3-19H2,(H,25,30)/b2-1-. The molecule has 1 heterocycles. The van der Waals surface area contributed by atoms with E-state index in [1.165, 1.54) is 0 Å². The minimum Gasteiger partial charge on any atom is -0.446 e. The molecule has 0 saturated carbocycles. The Morgan fingerprint density at radius 2 is 1.39 bits per heavy atom. The summed E-state index contributed by atoms with van der Waals surface area (Å²) in [6, 6.07) is 0. The topological polar surface area (TPSA) is 139 Å². The fraction of sp³-hybridized carbons (Fsp3) is 0.750. The van der Waals surface area contributed by atoms with Gasteiger partial charge in [0.2, 0.25) is 0 Å². The summed E-state index contributed by atoms with van der Waals surface area (Å²) in [4.78, 5) is 50.9. The highest BCUT2D eigenvalue weighted by Crippen LogP contribution is 2.15. The third-order valence-electron chi connectivity index (χ3n) is 5.27. The van der Waals surface area contributed by atoms with E-state index < -0.39 is 23.9 Å². The van der Waals surface area contributed by atoms with Crippen LogP contribution in [0.15, 0.2) is 12.2 Å². The van der Waals surface area contributed by atoms with Gasteiger partial charge < -0.3 is 33.8 Å². The first-order valence-corrected chi connectivity index (χ1v) is 12.5. The molecule has 204 valence electrons. The molecule has 1 saturated heterocycles. The van der Waals surface area contributed by atoms with Crippen molar-refractivity contribution < 1.29 is 47.7 Å². The molecule has 0 aromatic rings. The molecule has 12 nitrogen and oxygen atoms in total. The number of amides is 3. The molecule has 36 heavy (non-hydrogen) atoms. The van der Waals surface area contributed by atoms with E-state index in [4.69, 9.17) is 28.5 Å². The summed E-state index contributed by atoms with van der Waals surface area (Å²) in [6.07, 6.45) is 8.70. The monoisotopic (exact) mass is 514 g/mol. The SMILES string of the molecule is O=C(CCOCCOCCOCCOCCNC(=O)OC1CC/C=C\CCC1)ON1C(=O)CCC1=O. The minimum atomic E-state index is -0.700. The normalized spacial score (nSPS) is 19.0. The van der Waals surface area contributed by atoms with Crippen LogP contribution in [0.4, 0.5) is 4.79 Å². The maximum Gasteiger partial charge on any atom is 0.407 e. The number of alkyl carbamates (subject to hydrolysis) is 1. The van der Waals surface area contributed by atoms with Crippen molar-refractivity contribution in [3.8, 4) is 0 Å². The zero-order valence-electron chi connectivity index (χ0n) is 20.8. The highest BCUT2D eigenvalue weighted by atomic mass is 16.7. The van der Waals surface area contributed by atoms with Crippen LogP contribution in [0.3, 0.4) is 0 Å². The molecule has 3 amide bonds. The second-order valence-corrected chi connectivity index (χ2v) is 8.18. The van der Waals surface area contributed by atoms with Crippen molar-refractivity contribution >= 4 is 23.9 Å². The van der Waals surface area contributed by atoms with Gasteiger partial charge in [0, 0.05) is 19.4 Å². The quantitative estimate of drug-likeness (QED) is 0.173. The van der Waals surface area contributed by atoms with E-state index in [0.29, 0.717) is 51.2 Å². The van der Waals surface area contributed by atoms with Crippen molar-refractivity contribution in [2.24, 2.45) is 0 Å². The van der Waals surface area contributed by atoms with Crippen LogP contribution in [-0.4, -0.2) is 94.4 Å². The van der Waals surface area contributed by atoms with Crippen molar-refractivity contribution in [1.29, 1.82) is 0 Å². The van der Waals surface area contributed by atoms with E-state index >= 15 is 0 Å². The molecule has 0 aromatic heterocycles. The number of imide groups is 1. The number of carbonyl (C=O) groups is 4. The number of hydroxylamine groups is 2. The number of allylic oxidation sites excluding steroid dienone is 2. The largest absolute Gasteiger partial charge is 0.446 e. The van der Waals surface area contributed by atoms with E-state index in [-0.39, 0.29) is 38.6 Å². The van der Waals surface area contributed by atoms with Crippen LogP contribution in [0.1, 0.15) is 51.4 Å². The summed E-state index contributed by atoms with van der Waals surface area (Å²) in [5.74, 6) is -1.72. The number of hydrogen-bond acceptors (Lipinski definition) is 10. The number of ether oxygens (including phenoxy) is 5. The van der Waals surface area contributed by atoms with Crippen molar-refractivity contribution in [2.75, 3.05) is 59.4 Å². The van der Waals surface area contributed by atoms with Gasteiger partial charge in [0.05, 0.1) is 59.3 Å². The molecule has 0 radical (unpaired) electrons. The maximum atomic E-state index is 11.8. The summed E-state index contributed by atoms with van der Waals surface area (Å²) in [7, 11) is 0. The minimum absolute atomic E-state index is 0.0254. The third kappa shape index (κ3) is 13.5. The van der Waals surface area contributed by atoms with Crippen LogP contribution in [0, 0.1) is 0 Å². The molecule has 2 aliphatic rings. The van der Waals surface area contributed by atoms with E-state index in [2.05, 4.69) is 17.5 Å². The van der Waals surface area contributed by atoms with E-state index in [1.54, 1.807) is 0 Å². The molecule has 1 aliphatic heterocycles. The van der Waals surface area contributed by atoms with Gasteiger partial charge in [0.25, 0.3) is 11.8 Å². The van der Waals surface area contributed by atoms with E-state index in [0.717, 1.165) is 32.1 Å². The molecule has 2 rings (SSSR count). The molecule has 0 spiro atoms. The van der Waals surface area contributed by atoms with Gasteiger partial charge in [-0.3, -0.25) is 9.59 Å². The Labute approximate surface area is 211 Å². The maximum absolute atomic E-state index is 11.8. The lowest BCUT2D eigenvalue weighted by molar-refractivity contribution is -0.198. The van der Waals surface area contributed by atoms with Gasteiger partial charge in [-0.25, -0.2) is 9.59 Å².